The standard InChI is InChI=1S/C27H29N3O6/c1-3-29-25(31)17-36-23-12-11-18(14-24(23)34-2)15-30-27(33)20-8-6-7-19(13-20)16-35-22-10-5-4-9-21(22)26(28)32/h4-14H,3,15-17H2,1-2H3,(H2,28,32)(H,29,31)(H,30,33). The molecule has 9 nitrogen and oxygen atoms in total. The molecule has 36 heavy (non-hydrogen) atoms. The van der Waals surface area contributed by atoms with E-state index in [-0.39, 0.29) is 31.6 Å². The van der Waals surface area contributed by atoms with Crippen LogP contribution in [0, 0.1) is 0 Å². The van der Waals surface area contributed by atoms with Crippen LogP contribution in [0.4, 0.5) is 0 Å². The summed E-state index contributed by atoms with van der Waals surface area (Å²) >= 11 is 0. The molecule has 0 radical (unpaired) electrons. The Labute approximate surface area is 209 Å². The van der Waals surface area contributed by atoms with Crippen molar-refractivity contribution in [2.75, 3.05) is 20.3 Å². The lowest BCUT2D eigenvalue weighted by molar-refractivity contribution is -0.123. The summed E-state index contributed by atoms with van der Waals surface area (Å²) < 4.78 is 16.6. The highest BCUT2D eigenvalue weighted by atomic mass is 16.5. The smallest absolute Gasteiger partial charge is 0.257 e. The number of likely N-dealkylation sites (N-methyl/N-ethyl adjacent to an activating group) is 1. The molecule has 0 atom stereocenters. The minimum Gasteiger partial charge on any atom is -0.493 e. The van der Waals surface area contributed by atoms with Crippen LogP contribution in [-0.4, -0.2) is 38.0 Å². The number of methoxy groups -OCH3 is 1. The van der Waals surface area contributed by atoms with Crippen molar-refractivity contribution in [2.45, 2.75) is 20.1 Å². The highest BCUT2D eigenvalue weighted by molar-refractivity contribution is 5.95. The van der Waals surface area contributed by atoms with Crippen molar-refractivity contribution in [3.63, 3.8) is 0 Å². The fraction of sp³-hybridized carbons (Fsp3) is 0.222. The van der Waals surface area contributed by atoms with Crippen LogP contribution < -0.4 is 30.6 Å². The third-order valence-corrected chi connectivity index (χ3v) is 5.15. The minimum absolute atomic E-state index is 0.117. The molecule has 0 bridgehead atoms. The van der Waals surface area contributed by atoms with Crippen LogP contribution in [0.2, 0.25) is 0 Å². The van der Waals surface area contributed by atoms with Gasteiger partial charge in [-0.1, -0.05) is 30.3 Å². The van der Waals surface area contributed by atoms with E-state index in [9.17, 15) is 14.4 Å². The summed E-state index contributed by atoms with van der Waals surface area (Å²) in [5, 5.41) is 5.54. The van der Waals surface area contributed by atoms with Crippen LogP contribution in [0.5, 0.6) is 17.2 Å². The molecule has 0 aliphatic rings. The maximum absolute atomic E-state index is 12.7. The molecule has 0 saturated carbocycles. The van der Waals surface area contributed by atoms with Crippen molar-refractivity contribution in [1.29, 1.82) is 0 Å². The first-order chi connectivity index (χ1) is 17.4. The van der Waals surface area contributed by atoms with Crippen molar-refractivity contribution in [1.82, 2.24) is 10.6 Å². The Balaban J connectivity index is 1.59. The molecule has 0 heterocycles. The van der Waals surface area contributed by atoms with Crippen molar-refractivity contribution in [3.05, 3.63) is 89.0 Å². The summed E-state index contributed by atoms with van der Waals surface area (Å²) in [7, 11) is 1.51. The van der Waals surface area contributed by atoms with Crippen LogP contribution in [0.15, 0.2) is 66.7 Å². The molecule has 0 saturated heterocycles. The van der Waals surface area contributed by atoms with Crippen molar-refractivity contribution in [3.8, 4) is 17.2 Å². The zero-order valence-corrected chi connectivity index (χ0v) is 20.2. The van der Waals surface area contributed by atoms with Gasteiger partial charge in [-0.3, -0.25) is 14.4 Å². The van der Waals surface area contributed by atoms with Gasteiger partial charge in [0.05, 0.1) is 12.7 Å². The number of rotatable bonds is 12. The number of para-hydroxylation sites is 1. The predicted molar refractivity (Wildman–Crippen MR) is 134 cm³/mol. The van der Waals surface area contributed by atoms with E-state index in [1.165, 1.54) is 7.11 Å². The van der Waals surface area contributed by atoms with E-state index >= 15 is 0 Å². The Kier molecular flexibility index (Phi) is 9.27. The monoisotopic (exact) mass is 491 g/mol. The molecule has 3 amide bonds. The van der Waals surface area contributed by atoms with Gasteiger partial charge < -0.3 is 30.6 Å². The topological polar surface area (TPSA) is 129 Å². The summed E-state index contributed by atoms with van der Waals surface area (Å²) in [6.45, 7) is 2.67. The molecular formula is C27H29N3O6. The zero-order valence-electron chi connectivity index (χ0n) is 20.2. The van der Waals surface area contributed by atoms with Gasteiger partial charge in [-0.15, -0.1) is 0 Å². The van der Waals surface area contributed by atoms with Crippen LogP contribution >= 0.6 is 0 Å². The van der Waals surface area contributed by atoms with E-state index in [1.54, 1.807) is 60.7 Å². The van der Waals surface area contributed by atoms with Gasteiger partial charge in [0.15, 0.2) is 18.1 Å². The first-order valence-corrected chi connectivity index (χ1v) is 11.4. The number of carbonyl (C=O) groups is 3. The molecule has 3 rings (SSSR count). The summed E-state index contributed by atoms with van der Waals surface area (Å²) in [5.41, 5.74) is 7.71. The number of nitrogens with one attached hydrogen (secondary N) is 2. The Bertz CT molecular complexity index is 1230. The molecule has 0 aliphatic carbocycles. The predicted octanol–water partition coefficient (Wildman–Crippen LogP) is 2.82. The molecule has 3 aromatic rings. The van der Waals surface area contributed by atoms with Gasteiger partial charge >= 0.3 is 0 Å². The fourth-order valence-electron chi connectivity index (χ4n) is 3.38. The molecule has 0 aromatic heterocycles. The van der Waals surface area contributed by atoms with Gasteiger partial charge in [-0.25, -0.2) is 0 Å². The Hall–Kier alpha value is -4.53. The maximum atomic E-state index is 12.7. The van der Waals surface area contributed by atoms with Crippen molar-refractivity contribution in [2.24, 2.45) is 5.73 Å². The molecular weight excluding hydrogens is 462 g/mol. The van der Waals surface area contributed by atoms with Gasteiger partial charge in [-0.2, -0.15) is 0 Å². The van der Waals surface area contributed by atoms with Crippen molar-refractivity contribution >= 4 is 17.7 Å². The maximum Gasteiger partial charge on any atom is 0.257 e. The highest BCUT2D eigenvalue weighted by Gasteiger charge is 2.12. The Morgan fingerprint density at radius 3 is 2.39 bits per heavy atom. The number of primary amides is 1. The number of hydrogen-bond donors (Lipinski definition) is 3. The second kappa shape index (κ2) is 12.8. The molecule has 4 N–H and O–H groups in total. The fourth-order valence-corrected chi connectivity index (χ4v) is 3.38. The lowest BCUT2D eigenvalue weighted by Crippen LogP contribution is -2.28. The van der Waals surface area contributed by atoms with Crippen molar-refractivity contribution < 1.29 is 28.6 Å². The van der Waals surface area contributed by atoms with E-state index in [0.29, 0.717) is 34.9 Å². The van der Waals surface area contributed by atoms with Gasteiger partial charge in [0.1, 0.15) is 12.4 Å². The molecule has 188 valence electrons. The summed E-state index contributed by atoms with van der Waals surface area (Å²) in [6, 6.07) is 19.0. The number of benzene rings is 3. The SMILES string of the molecule is CCNC(=O)COc1ccc(CNC(=O)c2cccc(COc3ccccc3C(N)=O)c2)cc1OC. The first kappa shape index (κ1) is 26.1. The minimum atomic E-state index is -0.572. The van der Waals surface area contributed by atoms with Crippen LogP contribution in [-0.2, 0) is 17.9 Å². The lowest BCUT2D eigenvalue weighted by atomic mass is 10.1. The van der Waals surface area contributed by atoms with Crippen LogP contribution in [0.3, 0.4) is 0 Å². The first-order valence-electron chi connectivity index (χ1n) is 11.4. The third kappa shape index (κ3) is 7.23. The van der Waals surface area contributed by atoms with Gasteiger partial charge in [0.2, 0.25) is 0 Å². The summed E-state index contributed by atoms with van der Waals surface area (Å²) in [4.78, 5) is 35.9. The Morgan fingerprint density at radius 2 is 1.64 bits per heavy atom. The van der Waals surface area contributed by atoms with E-state index in [0.717, 1.165) is 11.1 Å². The van der Waals surface area contributed by atoms with E-state index in [1.807, 2.05) is 13.0 Å². The molecule has 0 unspecified atom stereocenters. The number of nitrogens with two attached hydrogens (primary N) is 1. The number of amides is 3. The Morgan fingerprint density at radius 1 is 0.833 bits per heavy atom. The molecule has 0 aliphatic heterocycles. The van der Waals surface area contributed by atoms with Crippen LogP contribution in [0.25, 0.3) is 0 Å². The molecule has 3 aromatic carbocycles. The van der Waals surface area contributed by atoms with E-state index in [2.05, 4.69) is 10.6 Å². The molecule has 0 fully saturated rings. The van der Waals surface area contributed by atoms with Gasteiger partial charge in [-0.05, 0) is 54.4 Å². The lowest BCUT2D eigenvalue weighted by Gasteiger charge is -2.13. The highest BCUT2D eigenvalue weighted by Crippen LogP contribution is 2.28. The number of hydrogen-bond acceptors (Lipinski definition) is 6. The van der Waals surface area contributed by atoms with Gasteiger partial charge in [0, 0.05) is 18.7 Å². The second-order valence-corrected chi connectivity index (χ2v) is 7.76. The average molecular weight is 492 g/mol. The quantitative estimate of drug-likeness (QED) is 0.357. The third-order valence-electron chi connectivity index (χ3n) is 5.15. The zero-order chi connectivity index (χ0) is 25.9. The van der Waals surface area contributed by atoms with Crippen LogP contribution in [0.1, 0.15) is 38.8 Å². The molecule has 0 spiro atoms. The number of carbonyl (C=O) groups excluding carboxylic acids is 3. The summed E-state index contributed by atoms with van der Waals surface area (Å²) in [6.07, 6.45) is 0. The molecule has 9 heteroatoms. The average Bonchev–Trinajstić information content (AvgIpc) is 2.90. The van der Waals surface area contributed by atoms with Gasteiger partial charge in [0.25, 0.3) is 17.7 Å². The summed E-state index contributed by atoms with van der Waals surface area (Å²) in [5.74, 6) is 0.223. The van der Waals surface area contributed by atoms with E-state index in [4.69, 9.17) is 19.9 Å². The number of ether oxygens (including phenoxy) is 3. The largest absolute Gasteiger partial charge is 0.493 e. The second-order valence-electron chi connectivity index (χ2n) is 7.76. The normalized spacial score (nSPS) is 10.3. The van der Waals surface area contributed by atoms with E-state index < -0.39 is 5.91 Å².